The van der Waals surface area contributed by atoms with Gasteiger partial charge in [0.2, 0.25) is 11.2 Å². The van der Waals surface area contributed by atoms with Crippen molar-refractivity contribution in [1.29, 1.82) is 0 Å². The number of rotatable bonds is 7. The van der Waals surface area contributed by atoms with E-state index in [0.717, 1.165) is 0 Å². The Bertz CT molecular complexity index is 1690. The minimum Gasteiger partial charge on any atom is -0.497 e. The standard InChI is InChI=1S/C28H20O9/c1-33-17-7-3-15(4-8-17)26-20(13-23(29)30)24-21(37-26)12-11-19-25(31)22(14-35-27(19)24)36-18-9-5-16(6-10-18)28(32)34-2/h3-12,14H,13H2,1-2H3,(H,29,30). The van der Waals surface area contributed by atoms with Crippen LogP contribution in [0.15, 0.2) is 80.6 Å². The van der Waals surface area contributed by atoms with Crippen LogP contribution in [0.2, 0.25) is 0 Å². The first-order valence-electron chi connectivity index (χ1n) is 11.1. The second kappa shape index (κ2) is 9.54. The molecule has 37 heavy (non-hydrogen) atoms. The van der Waals surface area contributed by atoms with Crippen molar-refractivity contribution in [3.05, 3.63) is 88.3 Å². The van der Waals surface area contributed by atoms with Crippen LogP contribution >= 0.6 is 0 Å². The Hall–Kier alpha value is -5.05. The third-order valence-electron chi connectivity index (χ3n) is 5.84. The predicted octanol–water partition coefficient (Wildman–Crippen LogP) is 5.42. The van der Waals surface area contributed by atoms with Gasteiger partial charge in [0.05, 0.1) is 37.0 Å². The van der Waals surface area contributed by atoms with Gasteiger partial charge in [0.1, 0.15) is 34.7 Å². The quantitative estimate of drug-likeness (QED) is 0.292. The lowest BCUT2D eigenvalue weighted by atomic mass is 10.0. The average molecular weight is 500 g/mol. The third kappa shape index (κ3) is 4.38. The maximum Gasteiger partial charge on any atom is 0.337 e. The van der Waals surface area contributed by atoms with Gasteiger partial charge in [-0.25, -0.2) is 4.79 Å². The highest BCUT2D eigenvalue weighted by atomic mass is 16.5. The van der Waals surface area contributed by atoms with Gasteiger partial charge in [0.15, 0.2) is 0 Å². The van der Waals surface area contributed by atoms with Gasteiger partial charge >= 0.3 is 11.9 Å². The lowest BCUT2D eigenvalue weighted by molar-refractivity contribution is -0.136. The Balaban J connectivity index is 1.61. The van der Waals surface area contributed by atoms with Crippen LogP contribution in [-0.4, -0.2) is 31.3 Å². The molecule has 2 aromatic heterocycles. The lowest BCUT2D eigenvalue weighted by Crippen LogP contribution is -2.06. The first-order chi connectivity index (χ1) is 17.9. The molecule has 0 saturated carbocycles. The fourth-order valence-electron chi connectivity index (χ4n) is 4.09. The van der Waals surface area contributed by atoms with Crippen LogP contribution in [-0.2, 0) is 16.0 Å². The second-order valence-electron chi connectivity index (χ2n) is 8.07. The summed E-state index contributed by atoms with van der Waals surface area (Å²) in [6, 6.07) is 16.2. The molecule has 0 unspecified atom stereocenters. The number of benzene rings is 3. The largest absolute Gasteiger partial charge is 0.497 e. The van der Waals surface area contributed by atoms with Crippen LogP contribution in [0.25, 0.3) is 33.3 Å². The van der Waals surface area contributed by atoms with Crippen molar-refractivity contribution in [1.82, 2.24) is 0 Å². The summed E-state index contributed by atoms with van der Waals surface area (Å²) >= 11 is 0. The summed E-state index contributed by atoms with van der Waals surface area (Å²) < 4.78 is 27.4. The first-order valence-corrected chi connectivity index (χ1v) is 11.1. The zero-order valence-corrected chi connectivity index (χ0v) is 19.8. The number of methoxy groups -OCH3 is 2. The Kier molecular flexibility index (Phi) is 6.10. The smallest absolute Gasteiger partial charge is 0.337 e. The zero-order chi connectivity index (χ0) is 26.1. The van der Waals surface area contributed by atoms with Crippen molar-refractivity contribution in [2.75, 3.05) is 14.2 Å². The number of carbonyl (C=O) groups excluding carboxylic acids is 1. The van der Waals surface area contributed by atoms with Gasteiger partial charge in [0, 0.05) is 11.1 Å². The van der Waals surface area contributed by atoms with Gasteiger partial charge in [0.25, 0.3) is 0 Å². The van der Waals surface area contributed by atoms with Crippen molar-refractivity contribution in [3.63, 3.8) is 0 Å². The molecule has 0 aliphatic heterocycles. The van der Waals surface area contributed by atoms with E-state index in [1.54, 1.807) is 43.5 Å². The topological polar surface area (TPSA) is 125 Å². The molecule has 3 aromatic carbocycles. The lowest BCUT2D eigenvalue weighted by Gasteiger charge is -2.07. The van der Waals surface area contributed by atoms with Gasteiger partial charge in [-0.3, -0.25) is 9.59 Å². The van der Waals surface area contributed by atoms with E-state index in [-0.39, 0.29) is 23.1 Å². The molecule has 0 aliphatic rings. The first kappa shape index (κ1) is 23.7. The van der Waals surface area contributed by atoms with Crippen LogP contribution in [0.3, 0.4) is 0 Å². The van der Waals surface area contributed by atoms with Crippen LogP contribution in [0.1, 0.15) is 15.9 Å². The molecule has 0 radical (unpaired) electrons. The molecular formula is C28H20O9. The van der Waals surface area contributed by atoms with Crippen LogP contribution in [0.4, 0.5) is 0 Å². The molecule has 1 N–H and O–H groups in total. The molecular weight excluding hydrogens is 480 g/mol. The molecule has 0 aliphatic carbocycles. The Labute approximate surface area is 209 Å². The van der Waals surface area contributed by atoms with Gasteiger partial charge in [-0.05, 0) is 60.7 Å². The fraction of sp³-hybridized carbons (Fsp3) is 0.107. The summed E-state index contributed by atoms with van der Waals surface area (Å²) in [5.74, 6) is -0.308. The van der Waals surface area contributed by atoms with Crippen molar-refractivity contribution in [3.8, 4) is 28.6 Å². The molecule has 186 valence electrons. The normalized spacial score (nSPS) is 11.0. The SMILES string of the molecule is COC(=O)c1ccc(Oc2coc3c(ccc4oc(-c5ccc(OC)cc5)c(CC(=O)O)c43)c2=O)cc1. The van der Waals surface area contributed by atoms with Crippen LogP contribution in [0.5, 0.6) is 17.2 Å². The summed E-state index contributed by atoms with van der Waals surface area (Å²) in [7, 11) is 2.83. The number of hydrogen-bond donors (Lipinski definition) is 1. The van der Waals surface area contributed by atoms with E-state index >= 15 is 0 Å². The summed E-state index contributed by atoms with van der Waals surface area (Å²) in [6.07, 6.45) is 0.824. The van der Waals surface area contributed by atoms with E-state index in [9.17, 15) is 19.5 Å². The summed E-state index contributed by atoms with van der Waals surface area (Å²) in [5.41, 5.74) is 1.49. The molecule has 5 rings (SSSR count). The van der Waals surface area contributed by atoms with Gasteiger partial charge < -0.3 is 28.2 Å². The average Bonchev–Trinajstić information content (AvgIpc) is 3.28. The highest BCUT2D eigenvalue weighted by Gasteiger charge is 2.23. The molecule has 5 aromatic rings. The predicted molar refractivity (Wildman–Crippen MR) is 133 cm³/mol. The van der Waals surface area contributed by atoms with E-state index < -0.39 is 17.4 Å². The minimum absolute atomic E-state index is 0.0728. The number of carboxylic acids is 1. The third-order valence-corrected chi connectivity index (χ3v) is 5.84. The monoisotopic (exact) mass is 500 g/mol. The Morgan fingerprint density at radius 1 is 0.919 bits per heavy atom. The molecule has 0 saturated heterocycles. The zero-order valence-electron chi connectivity index (χ0n) is 19.8. The van der Waals surface area contributed by atoms with Gasteiger partial charge in [-0.1, -0.05) is 0 Å². The number of esters is 1. The highest BCUT2D eigenvalue weighted by molar-refractivity contribution is 6.07. The van der Waals surface area contributed by atoms with Crippen molar-refractivity contribution < 1.29 is 37.7 Å². The maximum absolute atomic E-state index is 13.3. The summed E-state index contributed by atoms with van der Waals surface area (Å²) in [6.45, 7) is 0. The van der Waals surface area contributed by atoms with Gasteiger partial charge in [-0.2, -0.15) is 0 Å². The Morgan fingerprint density at radius 3 is 2.27 bits per heavy atom. The van der Waals surface area contributed by atoms with Crippen LogP contribution < -0.4 is 14.9 Å². The van der Waals surface area contributed by atoms with Crippen molar-refractivity contribution >= 4 is 33.9 Å². The number of ether oxygens (including phenoxy) is 3. The van der Waals surface area contributed by atoms with Crippen molar-refractivity contribution in [2.45, 2.75) is 6.42 Å². The van der Waals surface area contributed by atoms with E-state index in [0.29, 0.717) is 44.9 Å². The minimum atomic E-state index is -1.06. The Morgan fingerprint density at radius 2 is 1.62 bits per heavy atom. The number of aliphatic carboxylic acids is 1. The fourth-order valence-corrected chi connectivity index (χ4v) is 4.09. The van der Waals surface area contributed by atoms with E-state index in [1.165, 1.54) is 37.6 Å². The number of carboxylic acid groups (broad SMARTS) is 1. The number of furan rings is 1. The molecule has 9 heteroatoms. The number of carbonyl (C=O) groups is 2. The summed E-state index contributed by atoms with van der Waals surface area (Å²) in [5, 5.41) is 10.2. The van der Waals surface area contributed by atoms with E-state index in [2.05, 4.69) is 4.74 Å². The molecule has 0 fully saturated rings. The molecule has 0 bridgehead atoms. The molecule has 0 atom stereocenters. The van der Waals surface area contributed by atoms with E-state index in [1.807, 2.05) is 0 Å². The maximum atomic E-state index is 13.3. The number of fused-ring (bicyclic) bond motifs is 3. The molecule has 0 spiro atoms. The van der Waals surface area contributed by atoms with Crippen LogP contribution in [0, 0.1) is 0 Å². The molecule has 2 heterocycles. The summed E-state index contributed by atoms with van der Waals surface area (Å²) in [4.78, 5) is 36.6. The molecule has 0 amide bonds. The van der Waals surface area contributed by atoms with E-state index in [4.69, 9.17) is 18.3 Å². The van der Waals surface area contributed by atoms with Crippen molar-refractivity contribution in [2.24, 2.45) is 0 Å². The second-order valence-corrected chi connectivity index (χ2v) is 8.07. The highest BCUT2D eigenvalue weighted by Crippen LogP contribution is 2.38. The number of hydrogen-bond acceptors (Lipinski definition) is 8. The van der Waals surface area contributed by atoms with Gasteiger partial charge in [-0.15, -0.1) is 0 Å². The molecule has 9 nitrogen and oxygen atoms in total.